The lowest BCUT2D eigenvalue weighted by molar-refractivity contribution is -0.356. The zero-order valence-electron chi connectivity index (χ0n) is 11.5. The number of nitrogens with zero attached hydrogens (tertiary/aromatic N) is 2. The number of hydrogen-bond acceptors (Lipinski definition) is 0. The van der Waals surface area contributed by atoms with E-state index in [0.717, 1.165) is 21.1 Å². The van der Waals surface area contributed by atoms with Crippen molar-refractivity contribution in [1.29, 1.82) is 0 Å². The van der Waals surface area contributed by atoms with Gasteiger partial charge in [0.25, 0.3) is 0 Å². The summed E-state index contributed by atoms with van der Waals surface area (Å²) in [5.41, 5.74) is 0.436. The average Bonchev–Trinajstić information content (AvgIpc) is 3.16. The van der Waals surface area contributed by atoms with Crippen molar-refractivity contribution >= 4 is 34.7 Å². The van der Waals surface area contributed by atoms with E-state index < -0.39 is 18.6 Å². The van der Waals surface area contributed by atoms with Gasteiger partial charge in [-0.15, -0.1) is 0 Å². The molecule has 23 heavy (non-hydrogen) atoms. The van der Waals surface area contributed by atoms with Gasteiger partial charge in [-0.1, -0.05) is 0 Å². The predicted molar refractivity (Wildman–Crippen MR) is 83.3 cm³/mol. The first-order chi connectivity index (χ1) is 10.9. The van der Waals surface area contributed by atoms with Gasteiger partial charge in [0, 0.05) is 23.4 Å². The van der Waals surface area contributed by atoms with Gasteiger partial charge in [0.2, 0.25) is 0 Å². The number of aromatic nitrogens is 1. The largest absolute Gasteiger partial charge is 0.737 e. The highest BCUT2D eigenvalue weighted by Crippen LogP contribution is 2.42. The lowest BCUT2D eigenvalue weighted by atomic mass is 9.86. The van der Waals surface area contributed by atoms with Gasteiger partial charge in [0.05, 0.1) is 10.0 Å². The minimum Gasteiger partial charge on any atom is -0.396 e. The molecule has 8 heteroatoms. The molecule has 1 aromatic heterocycles. The van der Waals surface area contributed by atoms with Crippen LogP contribution in [0.3, 0.4) is 0 Å². The Morgan fingerprint density at radius 1 is 1.09 bits per heavy atom. The lowest BCUT2D eigenvalue weighted by Crippen LogP contribution is -2.49. The summed E-state index contributed by atoms with van der Waals surface area (Å²) in [6, 6.07) is 4.91. The smallest absolute Gasteiger partial charge is 0.396 e. The van der Waals surface area contributed by atoms with Crippen molar-refractivity contribution in [2.24, 2.45) is 0 Å². The minimum atomic E-state index is -4.06. The van der Waals surface area contributed by atoms with Crippen molar-refractivity contribution < 1.29 is 21.9 Å². The van der Waals surface area contributed by atoms with Crippen LogP contribution in [0.1, 0.15) is 11.3 Å². The van der Waals surface area contributed by atoms with Gasteiger partial charge in [0.15, 0.2) is 5.70 Å². The molecule has 3 heterocycles. The highest BCUT2D eigenvalue weighted by molar-refractivity contribution is 9.10. The van der Waals surface area contributed by atoms with E-state index in [1.54, 1.807) is 0 Å². The normalized spacial score (nSPS) is 18.0. The van der Waals surface area contributed by atoms with E-state index >= 15 is 0 Å². The molecular formula is C15H8BBrF4N2. The van der Waals surface area contributed by atoms with E-state index in [9.17, 15) is 17.4 Å². The van der Waals surface area contributed by atoms with Crippen LogP contribution in [0.2, 0.25) is 0 Å². The third-order valence-electron chi connectivity index (χ3n) is 4.03. The van der Waals surface area contributed by atoms with Crippen molar-refractivity contribution in [2.45, 2.75) is 0 Å². The fourth-order valence-corrected chi connectivity index (χ4v) is 3.55. The monoisotopic (exact) mass is 382 g/mol. The van der Waals surface area contributed by atoms with Crippen LogP contribution in [0.15, 0.2) is 52.8 Å². The van der Waals surface area contributed by atoms with Crippen LogP contribution in [-0.2, 0) is 0 Å². The number of fused-ring (bicyclic) bond motifs is 2. The minimum absolute atomic E-state index is 0.0730. The molecule has 0 saturated heterocycles. The summed E-state index contributed by atoms with van der Waals surface area (Å²) in [5.74, 6) is -1.35. The Bertz CT molecular complexity index is 943. The Labute approximate surface area is 137 Å². The third kappa shape index (κ3) is 1.84. The van der Waals surface area contributed by atoms with Crippen LogP contribution in [0, 0.1) is 11.6 Å². The standard InChI is InChI=1S/C15H8BBrF4N2/c17-15-10(19)6-5-9(18)13(15)14-11-3-1-7-22(11)16(20,21)23-8-2-4-12(14)23/h1-8H. The second-order valence-corrected chi connectivity index (χ2v) is 6.08. The van der Waals surface area contributed by atoms with E-state index in [1.165, 1.54) is 36.7 Å². The molecule has 2 nitrogen and oxygen atoms in total. The lowest BCUT2D eigenvalue weighted by Gasteiger charge is -2.31. The van der Waals surface area contributed by atoms with E-state index in [2.05, 4.69) is 15.9 Å². The molecule has 0 fully saturated rings. The predicted octanol–water partition coefficient (Wildman–Crippen LogP) is 4.18. The summed E-state index contributed by atoms with van der Waals surface area (Å²) in [6.07, 6.45) is 5.41. The van der Waals surface area contributed by atoms with Gasteiger partial charge in [-0.05, 0) is 46.4 Å². The Morgan fingerprint density at radius 3 is 2.61 bits per heavy atom. The first kappa shape index (κ1) is 14.5. The molecular weight excluding hydrogens is 375 g/mol. The number of allylic oxidation sites excluding steroid dienone is 2. The van der Waals surface area contributed by atoms with E-state index in [0.29, 0.717) is 0 Å². The molecule has 0 radical (unpaired) electrons. The zero-order valence-corrected chi connectivity index (χ0v) is 13.1. The maximum atomic E-state index is 14.6. The van der Waals surface area contributed by atoms with E-state index in [-0.39, 0.29) is 27.0 Å². The molecule has 2 aliphatic heterocycles. The summed E-state index contributed by atoms with van der Waals surface area (Å²) in [4.78, 5) is 0. The number of halogens is 5. The van der Waals surface area contributed by atoms with Gasteiger partial charge in [-0.25, -0.2) is 8.78 Å². The van der Waals surface area contributed by atoms with Crippen molar-refractivity contribution in [2.75, 3.05) is 0 Å². The fourth-order valence-electron chi connectivity index (χ4n) is 3.03. The Morgan fingerprint density at radius 2 is 1.83 bits per heavy atom. The van der Waals surface area contributed by atoms with E-state index in [1.807, 2.05) is 0 Å². The van der Waals surface area contributed by atoms with Crippen molar-refractivity contribution in [3.8, 4) is 0 Å². The van der Waals surface area contributed by atoms with Crippen LogP contribution in [0.25, 0.3) is 5.57 Å². The third-order valence-corrected chi connectivity index (χ3v) is 4.81. The Kier molecular flexibility index (Phi) is 2.97. The van der Waals surface area contributed by atoms with Crippen LogP contribution >= 0.6 is 15.9 Å². The van der Waals surface area contributed by atoms with Crippen LogP contribution in [0.5, 0.6) is 0 Å². The molecule has 0 saturated carbocycles. The van der Waals surface area contributed by atoms with Gasteiger partial charge >= 0.3 is 6.97 Å². The van der Waals surface area contributed by atoms with E-state index in [4.69, 9.17) is 0 Å². The molecule has 0 amide bonds. The maximum absolute atomic E-state index is 14.6. The molecule has 2 aromatic rings. The van der Waals surface area contributed by atoms with Gasteiger partial charge < -0.3 is 17.6 Å². The first-order valence-electron chi connectivity index (χ1n) is 6.80. The molecule has 0 unspecified atom stereocenters. The summed E-state index contributed by atoms with van der Waals surface area (Å²) < 4.78 is 59.0. The quantitative estimate of drug-likeness (QED) is 0.397. The van der Waals surface area contributed by atoms with Gasteiger partial charge in [-0.2, -0.15) is 0 Å². The summed E-state index contributed by atoms with van der Waals surface area (Å²) in [5, 5.41) is 0. The molecule has 0 spiro atoms. The average molecular weight is 383 g/mol. The summed E-state index contributed by atoms with van der Waals surface area (Å²) in [6.45, 7) is -4.06. The number of hydrogen-bond donors (Lipinski definition) is 0. The second kappa shape index (κ2) is 4.70. The summed E-state index contributed by atoms with van der Waals surface area (Å²) in [7, 11) is 0. The van der Waals surface area contributed by atoms with Gasteiger partial charge in [-0.3, -0.25) is 0 Å². The molecule has 4 rings (SSSR count). The fraction of sp³-hybridized carbons (Fsp3) is 0. The molecule has 1 aromatic carbocycles. The molecule has 116 valence electrons. The van der Waals surface area contributed by atoms with Crippen molar-refractivity contribution in [1.82, 2.24) is 4.48 Å². The highest BCUT2D eigenvalue weighted by Gasteiger charge is 2.51. The SMILES string of the molecule is Fc1ccc(F)c(C2=C3C=CC=[N+]3[B-](F)(F)n3cccc32)c1Br. The van der Waals surface area contributed by atoms with Crippen molar-refractivity contribution in [3.05, 3.63) is 75.7 Å². The topological polar surface area (TPSA) is 7.94 Å². The second-order valence-electron chi connectivity index (χ2n) is 5.28. The maximum Gasteiger partial charge on any atom is 0.737 e. The molecule has 0 aliphatic carbocycles. The Balaban J connectivity index is 2.13. The van der Waals surface area contributed by atoms with Crippen LogP contribution < -0.4 is 0 Å². The molecule has 0 bridgehead atoms. The first-order valence-corrected chi connectivity index (χ1v) is 7.60. The van der Waals surface area contributed by atoms with Crippen LogP contribution in [0.4, 0.5) is 17.4 Å². The molecule has 0 N–H and O–H groups in total. The summed E-state index contributed by atoms with van der Waals surface area (Å²) >= 11 is 3.04. The van der Waals surface area contributed by atoms with Crippen LogP contribution in [-0.4, -0.2) is 22.1 Å². The number of rotatable bonds is 1. The highest BCUT2D eigenvalue weighted by atomic mass is 79.9. The zero-order chi connectivity index (χ0) is 16.4. The molecule has 2 aliphatic rings. The Hall–Kier alpha value is -2.09. The van der Waals surface area contributed by atoms with Crippen molar-refractivity contribution in [3.63, 3.8) is 0 Å². The molecule has 0 atom stereocenters. The van der Waals surface area contributed by atoms with Gasteiger partial charge in [0.1, 0.15) is 17.8 Å². The number of benzene rings is 1.